The number of carbonyl (C=O) groups excluding carboxylic acids is 1. The molecule has 1 heterocycles. The summed E-state index contributed by atoms with van der Waals surface area (Å²) in [6.45, 7) is 3.20. The SMILES string of the molecule is CCCNCC(=O)Nc1nc2ccc(Cl)cc2s1. The second-order valence-corrected chi connectivity index (χ2v) is 5.32. The fraction of sp³-hybridized carbons (Fsp3) is 0.333. The zero-order valence-electron chi connectivity index (χ0n) is 10.00. The minimum atomic E-state index is -0.0754. The maximum absolute atomic E-state index is 11.6. The van der Waals surface area contributed by atoms with Gasteiger partial charge in [0.25, 0.3) is 0 Å². The first-order valence-corrected chi connectivity index (χ1v) is 6.95. The molecule has 0 bridgehead atoms. The van der Waals surface area contributed by atoms with Crippen LogP contribution >= 0.6 is 22.9 Å². The number of benzene rings is 1. The fourth-order valence-electron chi connectivity index (χ4n) is 1.49. The predicted molar refractivity (Wildman–Crippen MR) is 76.4 cm³/mol. The lowest BCUT2D eigenvalue weighted by atomic mass is 10.3. The van der Waals surface area contributed by atoms with Gasteiger partial charge < -0.3 is 10.6 Å². The predicted octanol–water partition coefficient (Wildman–Crippen LogP) is 2.89. The molecule has 4 nitrogen and oxygen atoms in total. The lowest BCUT2D eigenvalue weighted by molar-refractivity contribution is -0.115. The standard InChI is InChI=1S/C12H14ClN3OS/c1-2-5-14-7-11(17)16-12-15-9-4-3-8(13)6-10(9)18-12/h3-4,6,14H,2,5,7H2,1H3,(H,15,16,17). The molecular formula is C12H14ClN3OS. The maximum Gasteiger partial charge on any atom is 0.240 e. The van der Waals surface area contributed by atoms with Gasteiger partial charge in [-0.15, -0.1) is 0 Å². The van der Waals surface area contributed by atoms with E-state index in [4.69, 9.17) is 11.6 Å². The van der Waals surface area contributed by atoms with Crippen LogP contribution in [-0.2, 0) is 4.79 Å². The van der Waals surface area contributed by atoms with Crippen molar-refractivity contribution in [3.05, 3.63) is 23.2 Å². The van der Waals surface area contributed by atoms with Crippen LogP contribution in [0, 0.1) is 0 Å². The van der Waals surface area contributed by atoms with E-state index in [9.17, 15) is 4.79 Å². The van der Waals surface area contributed by atoms with Crippen molar-refractivity contribution in [3.63, 3.8) is 0 Å². The monoisotopic (exact) mass is 283 g/mol. The average Bonchev–Trinajstić information content (AvgIpc) is 2.70. The smallest absolute Gasteiger partial charge is 0.240 e. The summed E-state index contributed by atoms with van der Waals surface area (Å²) in [5.74, 6) is -0.0754. The number of fused-ring (bicyclic) bond motifs is 1. The molecule has 6 heteroatoms. The molecule has 0 fully saturated rings. The molecule has 1 aromatic carbocycles. The molecule has 2 rings (SSSR count). The van der Waals surface area contributed by atoms with E-state index in [1.54, 1.807) is 6.07 Å². The minimum Gasteiger partial charge on any atom is -0.308 e. The Morgan fingerprint density at radius 3 is 3.11 bits per heavy atom. The Bertz CT molecular complexity index is 555. The third kappa shape index (κ3) is 3.41. The molecule has 0 aliphatic rings. The second kappa shape index (κ2) is 6.13. The molecule has 96 valence electrons. The van der Waals surface area contributed by atoms with Gasteiger partial charge in [0, 0.05) is 5.02 Å². The van der Waals surface area contributed by atoms with E-state index in [1.165, 1.54) is 11.3 Å². The Hall–Kier alpha value is -1.17. The van der Waals surface area contributed by atoms with Crippen LogP contribution in [0.3, 0.4) is 0 Å². The van der Waals surface area contributed by atoms with Crippen LogP contribution in [0.5, 0.6) is 0 Å². The number of rotatable bonds is 5. The van der Waals surface area contributed by atoms with Gasteiger partial charge in [-0.2, -0.15) is 0 Å². The van der Waals surface area contributed by atoms with Gasteiger partial charge >= 0.3 is 0 Å². The molecule has 0 unspecified atom stereocenters. The zero-order valence-corrected chi connectivity index (χ0v) is 11.6. The number of nitrogens with one attached hydrogen (secondary N) is 2. The van der Waals surface area contributed by atoms with Crippen molar-refractivity contribution in [1.82, 2.24) is 10.3 Å². The lowest BCUT2D eigenvalue weighted by Gasteiger charge is -2.02. The van der Waals surface area contributed by atoms with Crippen LogP contribution in [0.15, 0.2) is 18.2 Å². The summed E-state index contributed by atoms with van der Waals surface area (Å²) in [6, 6.07) is 5.48. The summed E-state index contributed by atoms with van der Waals surface area (Å²) in [7, 11) is 0. The molecule has 1 aromatic heterocycles. The third-order valence-electron chi connectivity index (χ3n) is 2.31. The average molecular weight is 284 g/mol. The number of hydrogen-bond acceptors (Lipinski definition) is 4. The van der Waals surface area contributed by atoms with Gasteiger partial charge in [0.2, 0.25) is 5.91 Å². The first-order chi connectivity index (χ1) is 8.69. The highest BCUT2D eigenvalue weighted by Gasteiger charge is 2.07. The van der Waals surface area contributed by atoms with Crippen LogP contribution in [0.1, 0.15) is 13.3 Å². The molecule has 1 amide bonds. The Balaban J connectivity index is 2.01. The van der Waals surface area contributed by atoms with Gasteiger partial charge in [0.15, 0.2) is 5.13 Å². The van der Waals surface area contributed by atoms with Crippen molar-refractivity contribution in [3.8, 4) is 0 Å². The van der Waals surface area contributed by atoms with Crippen molar-refractivity contribution in [1.29, 1.82) is 0 Å². The summed E-state index contributed by atoms with van der Waals surface area (Å²) < 4.78 is 0.972. The Kier molecular flexibility index (Phi) is 4.52. The second-order valence-electron chi connectivity index (χ2n) is 3.86. The number of nitrogens with zero attached hydrogens (tertiary/aromatic N) is 1. The number of thiazole rings is 1. The van der Waals surface area contributed by atoms with E-state index < -0.39 is 0 Å². The Morgan fingerprint density at radius 2 is 2.33 bits per heavy atom. The highest BCUT2D eigenvalue weighted by molar-refractivity contribution is 7.22. The van der Waals surface area contributed by atoms with Crippen LogP contribution in [0.25, 0.3) is 10.2 Å². The molecule has 2 N–H and O–H groups in total. The molecular weight excluding hydrogens is 270 g/mol. The molecule has 18 heavy (non-hydrogen) atoms. The van der Waals surface area contributed by atoms with Gasteiger partial charge in [-0.1, -0.05) is 29.9 Å². The van der Waals surface area contributed by atoms with Crippen molar-refractivity contribution >= 4 is 44.2 Å². The van der Waals surface area contributed by atoms with Crippen molar-refractivity contribution < 1.29 is 4.79 Å². The molecule has 0 aliphatic carbocycles. The van der Waals surface area contributed by atoms with E-state index in [1.807, 2.05) is 12.1 Å². The number of halogens is 1. The van der Waals surface area contributed by atoms with E-state index in [2.05, 4.69) is 22.5 Å². The van der Waals surface area contributed by atoms with Crippen LogP contribution in [-0.4, -0.2) is 24.0 Å². The minimum absolute atomic E-state index is 0.0754. The van der Waals surface area contributed by atoms with E-state index in [-0.39, 0.29) is 5.91 Å². The van der Waals surface area contributed by atoms with Gasteiger partial charge in [0.05, 0.1) is 16.8 Å². The van der Waals surface area contributed by atoms with Crippen LogP contribution < -0.4 is 10.6 Å². The third-order valence-corrected chi connectivity index (χ3v) is 3.48. The molecule has 0 spiro atoms. The number of amides is 1. The van der Waals surface area contributed by atoms with Crippen molar-refractivity contribution in [2.24, 2.45) is 0 Å². The first-order valence-electron chi connectivity index (χ1n) is 5.75. The number of carbonyl (C=O) groups is 1. The summed E-state index contributed by atoms with van der Waals surface area (Å²) >= 11 is 7.32. The fourth-order valence-corrected chi connectivity index (χ4v) is 2.65. The lowest BCUT2D eigenvalue weighted by Crippen LogP contribution is -2.28. The molecule has 0 saturated carbocycles. The Morgan fingerprint density at radius 1 is 1.50 bits per heavy atom. The normalized spacial score (nSPS) is 10.8. The van der Waals surface area contributed by atoms with Crippen LogP contribution in [0.4, 0.5) is 5.13 Å². The number of anilines is 1. The summed E-state index contributed by atoms with van der Waals surface area (Å²) in [6.07, 6.45) is 1.01. The van der Waals surface area contributed by atoms with E-state index in [0.29, 0.717) is 16.7 Å². The zero-order chi connectivity index (χ0) is 13.0. The van der Waals surface area contributed by atoms with Crippen molar-refractivity contribution in [2.45, 2.75) is 13.3 Å². The summed E-state index contributed by atoms with van der Waals surface area (Å²) in [5, 5.41) is 7.10. The van der Waals surface area contributed by atoms with E-state index in [0.717, 1.165) is 23.2 Å². The van der Waals surface area contributed by atoms with Gasteiger partial charge in [-0.25, -0.2) is 4.98 Å². The van der Waals surface area contributed by atoms with Gasteiger partial charge in [-0.05, 0) is 31.2 Å². The maximum atomic E-state index is 11.6. The van der Waals surface area contributed by atoms with E-state index >= 15 is 0 Å². The number of hydrogen-bond donors (Lipinski definition) is 2. The largest absolute Gasteiger partial charge is 0.308 e. The molecule has 0 aliphatic heterocycles. The molecule has 0 radical (unpaired) electrons. The van der Waals surface area contributed by atoms with Crippen LogP contribution in [0.2, 0.25) is 5.02 Å². The summed E-state index contributed by atoms with van der Waals surface area (Å²) in [5.41, 5.74) is 0.848. The van der Waals surface area contributed by atoms with Gasteiger partial charge in [0.1, 0.15) is 0 Å². The number of aromatic nitrogens is 1. The van der Waals surface area contributed by atoms with Crippen molar-refractivity contribution in [2.75, 3.05) is 18.4 Å². The first kappa shape index (κ1) is 13.3. The Labute approximate surface area is 114 Å². The molecule has 2 aromatic rings. The molecule has 0 saturated heterocycles. The molecule has 0 atom stereocenters. The quantitative estimate of drug-likeness (QED) is 0.830. The summed E-state index contributed by atoms with van der Waals surface area (Å²) in [4.78, 5) is 15.9. The topological polar surface area (TPSA) is 54.0 Å². The highest BCUT2D eigenvalue weighted by atomic mass is 35.5. The highest BCUT2D eigenvalue weighted by Crippen LogP contribution is 2.28. The van der Waals surface area contributed by atoms with Gasteiger partial charge in [-0.3, -0.25) is 4.79 Å².